The molecule has 2 rings (SSSR count). The molecule has 0 aliphatic carbocycles. The number of ether oxygens (including phenoxy) is 1. The lowest BCUT2D eigenvalue weighted by Gasteiger charge is -2.38. The molecule has 1 aliphatic heterocycles. The summed E-state index contributed by atoms with van der Waals surface area (Å²) in [4.78, 5) is 6.52. The van der Waals surface area contributed by atoms with Crippen molar-refractivity contribution in [2.24, 2.45) is 0 Å². The van der Waals surface area contributed by atoms with E-state index in [-0.39, 0.29) is 5.60 Å². The topological polar surface area (TPSA) is 51.4 Å². The lowest BCUT2D eigenvalue weighted by Crippen LogP contribution is -2.48. The number of hydrogen-bond acceptors (Lipinski definition) is 4. The Kier molecular flexibility index (Phi) is 2.52. The molecule has 82 valence electrons. The fourth-order valence-corrected chi connectivity index (χ4v) is 1.83. The second kappa shape index (κ2) is 3.70. The average Bonchev–Trinajstić information content (AvgIpc) is 2.16. The first-order chi connectivity index (χ1) is 7.07. The summed E-state index contributed by atoms with van der Waals surface area (Å²) in [5, 5.41) is 0. The van der Waals surface area contributed by atoms with Gasteiger partial charge in [0.15, 0.2) is 0 Å². The number of aromatic nitrogens is 1. The van der Waals surface area contributed by atoms with Crippen molar-refractivity contribution in [3.63, 3.8) is 0 Å². The normalized spacial score (nSPS) is 20.3. The Labute approximate surface area is 90.0 Å². The number of nitrogens with two attached hydrogens (primary N) is 1. The average molecular weight is 207 g/mol. The number of rotatable bonds is 1. The molecule has 0 radical (unpaired) electrons. The second-order valence-corrected chi connectivity index (χ2v) is 4.45. The van der Waals surface area contributed by atoms with Crippen LogP contribution < -0.4 is 10.6 Å². The van der Waals surface area contributed by atoms with E-state index in [9.17, 15) is 0 Å². The molecule has 1 saturated heterocycles. The lowest BCUT2D eigenvalue weighted by atomic mass is 10.1. The molecule has 1 fully saturated rings. The van der Waals surface area contributed by atoms with E-state index in [4.69, 9.17) is 10.5 Å². The minimum Gasteiger partial charge on any atom is -0.384 e. The van der Waals surface area contributed by atoms with Crippen molar-refractivity contribution in [2.75, 3.05) is 30.3 Å². The molecule has 2 N–H and O–H groups in total. The van der Waals surface area contributed by atoms with Gasteiger partial charge >= 0.3 is 0 Å². The number of nitrogen functional groups attached to an aromatic ring is 1. The quantitative estimate of drug-likeness (QED) is 0.753. The Morgan fingerprint density at radius 3 is 2.93 bits per heavy atom. The predicted octanol–water partition coefficient (Wildman–Crippen LogP) is 1.28. The van der Waals surface area contributed by atoms with Crippen molar-refractivity contribution in [3.8, 4) is 0 Å². The molecule has 1 aromatic rings. The third-order valence-corrected chi connectivity index (χ3v) is 2.51. The summed E-state index contributed by atoms with van der Waals surface area (Å²) in [5.74, 6) is 1.50. The third kappa shape index (κ3) is 2.39. The molecule has 0 unspecified atom stereocenters. The smallest absolute Gasteiger partial charge is 0.131 e. The van der Waals surface area contributed by atoms with Crippen molar-refractivity contribution >= 4 is 11.6 Å². The van der Waals surface area contributed by atoms with Crippen molar-refractivity contribution < 1.29 is 4.74 Å². The summed E-state index contributed by atoms with van der Waals surface area (Å²) in [5.41, 5.74) is 5.56. The van der Waals surface area contributed by atoms with Crippen LogP contribution in [0.2, 0.25) is 0 Å². The van der Waals surface area contributed by atoms with Gasteiger partial charge in [-0.05, 0) is 26.0 Å². The highest BCUT2D eigenvalue weighted by Crippen LogP contribution is 2.21. The molecule has 1 aliphatic rings. The van der Waals surface area contributed by atoms with Gasteiger partial charge in [0.1, 0.15) is 11.6 Å². The second-order valence-electron chi connectivity index (χ2n) is 4.45. The van der Waals surface area contributed by atoms with E-state index in [1.807, 2.05) is 12.1 Å². The predicted molar refractivity (Wildman–Crippen MR) is 60.9 cm³/mol. The summed E-state index contributed by atoms with van der Waals surface area (Å²) in [6.07, 6.45) is 0. The SMILES string of the molecule is CC1(C)CN(c2cccc(N)n2)CCO1. The molecular weight excluding hydrogens is 190 g/mol. The highest BCUT2D eigenvalue weighted by Gasteiger charge is 2.27. The molecule has 1 aromatic heterocycles. The number of morpholine rings is 1. The highest BCUT2D eigenvalue weighted by atomic mass is 16.5. The highest BCUT2D eigenvalue weighted by molar-refractivity contribution is 5.45. The molecular formula is C11H17N3O. The number of anilines is 2. The largest absolute Gasteiger partial charge is 0.384 e. The van der Waals surface area contributed by atoms with Crippen molar-refractivity contribution in [1.82, 2.24) is 4.98 Å². The monoisotopic (exact) mass is 207 g/mol. The molecule has 0 saturated carbocycles. The Morgan fingerprint density at radius 2 is 2.27 bits per heavy atom. The molecule has 0 amide bonds. The van der Waals surface area contributed by atoms with E-state index in [0.29, 0.717) is 5.82 Å². The first-order valence-corrected chi connectivity index (χ1v) is 5.18. The van der Waals surface area contributed by atoms with Crippen LogP contribution in [-0.4, -0.2) is 30.3 Å². The molecule has 4 heteroatoms. The Hall–Kier alpha value is -1.29. The van der Waals surface area contributed by atoms with Gasteiger partial charge in [0, 0.05) is 13.1 Å². The molecule has 4 nitrogen and oxygen atoms in total. The van der Waals surface area contributed by atoms with Gasteiger partial charge in [0.2, 0.25) is 0 Å². The van der Waals surface area contributed by atoms with Gasteiger partial charge in [-0.1, -0.05) is 6.07 Å². The first kappa shape index (κ1) is 10.2. The van der Waals surface area contributed by atoms with Crippen LogP contribution in [0.15, 0.2) is 18.2 Å². The minimum atomic E-state index is -0.107. The van der Waals surface area contributed by atoms with Gasteiger partial charge < -0.3 is 15.4 Å². The molecule has 0 aromatic carbocycles. The van der Waals surface area contributed by atoms with Crippen LogP contribution in [-0.2, 0) is 4.74 Å². The van der Waals surface area contributed by atoms with E-state index in [1.54, 1.807) is 6.07 Å². The lowest BCUT2D eigenvalue weighted by molar-refractivity contribution is -0.0279. The Bertz CT molecular complexity index is 351. The maximum absolute atomic E-state index is 5.66. The van der Waals surface area contributed by atoms with Crippen LogP contribution in [0.25, 0.3) is 0 Å². The number of pyridine rings is 1. The van der Waals surface area contributed by atoms with Crippen molar-refractivity contribution in [2.45, 2.75) is 19.4 Å². The maximum Gasteiger partial charge on any atom is 0.131 e. The zero-order valence-electron chi connectivity index (χ0n) is 9.23. The molecule has 2 heterocycles. The molecule has 0 atom stereocenters. The van der Waals surface area contributed by atoms with Crippen LogP contribution in [0.5, 0.6) is 0 Å². The standard InChI is InChI=1S/C11H17N3O/c1-11(2)8-14(6-7-15-11)10-5-3-4-9(12)13-10/h3-5H,6-8H2,1-2H3,(H2,12,13). The maximum atomic E-state index is 5.66. The molecule has 0 bridgehead atoms. The summed E-state index contributed by atoms with van der Waals surface area (Å²) >= 11 is 0. The van der Waals surface area contributed by atoms with Crippen LogP contribution in [0.1, 0.15) is 13.8 Å². The van der Waals surface area contributed by atoms with E-state index in [2.05, 4.69) is 23.7 Å². The Balaban J connectivity index is 2.17. The number of nitrogens with zero attached hydrogens (tertiary/aromatic N) is 2. The van der Waals surface area contributed by atoms with Crippen LogP contribution in [0, 0.1) is 0 Å². The van der Waals surface area contributed by atoms with Gasteiger partial charge in [-0.25, -0.2) is 4.98 Å². The van der Waals surface area contributed by atoms with Crippen LogP contribution >= 0.6 is 0 Å². The van der Waals surface area contributed by atoms with E-state index >= 15 is 0 Å². The zero-order chi connectivity index (χ0) is 10.9. The van der Waals surface area contributed by atoms with Crippen molar-refractivity contribution in [3.05, 3.63) is 18.2 Å². The fourth-order valence-electron chi connectivity index (χ4n) is 1.83. The van der Waals surface area contributed by atoms with Gasteiger partial charge in [0.25, 0.3) is 0 Å². The zero-order valence-corrected chi connectivity index (χ0v) is 9.23. The van der Waals surface area contributed by atoms with Crippen molar-refractivity contribution in [1.29, 1.82) is 0 Å². The van der Waals surface area contributed by atoms with E-state index < -0.39 is 0 Å². The summed E-state index contributed by atoms with van der Waals surface area (Å²) in [6.45, 7) is 6.64. The first-order valence-electron chi connectivity index (χ1n) is 5.18. The van der Waals surface area contributed by atoms with Gasteiger partial charge in [-0.2, -0.15) is 0 Å². The molecule has 0 spiro atoms. The fraction of sp³-hybridized carbons (Fsp3) is 0.545. The van der Waals surface area contributed by atoms with Crippen LogP contribution in [0.4, 0.5) is 11.6 Å². The Morgan fingerprint density at radius 1 is 1.47 bits per heavy atom. The number of hydrogen-bond donors (Lipinski definition) is 1. The summed E-state index contributed by atoms with van der Waals surface area (Å²) in [6, 6.07) is 5.72. The van der Waals surface area contributed by atoms with E-state index in [1.165, 1.54) is 0 Å². The summed E-state index contributed by atoms with van der Waals surface area (Å²) in [7, 11) is 0. The summed E-state index contributed by atoms with van der Waals surface area (Å²) < 4.78 is 5.65. The minimum absolute atomic E-state index is 0.107. The van der Waals surface area contributed by atoms with Gasteiger partial charge in [-0.15, -0.1) is 0 Å². The van der Waals surface area contributed by atoms with Crippen LogP contribution in [0.3, 0.4) is 0 Å². The van der Waals surface area contributed by atoms with Gasteiger partial charge in [-0.3, -0.25) is 0 Å². The van der Waals surface area contributed by atoms with E-state index in [0.717, 1.165) is 25.5 Å². The third-order valence-electron chi connectivity index (χ3n) is 2.51. The molecule has 15 heavy (non-hydrogen) atoms. The van der Waals surface area contributed by atoms with Gasteiger partial charge in [0.05, 0.1) is 12.2 Å².